The molecule has 0 N–H and O–H groups in total. The molecule has 1 saturated heterocycles. The maximum absolute atomic E-state index is 5.67. The van der Waals surface area contributed by atoms with Gasteiger partial charge < -0.3 is 4.74 Å². The number of ether oxygens (including phenoxy) is 1. The van der Waals surface area contributed by atoms with Crippen molar-refractivity contribution in [2.45, 2.75) is 26.7 Å². The molecule has 1 unspecified atom stereocenters. The van der Waals surface area contributed by atoms with E-state index >= 15 is 0 Å². The largest absolute Gasteiger partial charge is 0.381 e. The molecule has 0 aromatic rings. The fraction of sp³-hybridized carbons (Fsp3) is 1.00. The van der Waals surface area contributed by atoms with Crippen LogP contribution in [0.1, 0.15) is 26.7 Å². The highest BCUT2D eigenvalue weighted by Gasteiger charge is 2.20. The Morgan fingerprint density at radius 3 is 2.86 bits per heavy atom. The maximum Gasteiger partial charge on any atom is 0.0506 e. The van der Waals surface area contributed by atoms with E-state index in [0.29, 0.717) is 0 Å². The van der Waals surface area contributed by atoms with Crippen molar-refractivity contribution in [3.8, 4) is 0 Å². The molecule has 1 atom stereocenters. The SMILES string of the molecule is CC(C)CCOCC1CCN(CS)C1. The highest BCUT2D eigenvalue weighted by Crippen LogP contribution is 2.16. The van der Waals surface area contributed by atoms with Crippen molar-refractivity contribution in [3.63, 3.8) is 0 Å². The number of likely N-dealkylation sites (tertiary alicyclic amines) is 1. The number of hydrogen-bond acceptors (Lipinski definition) is 3. The molecule has 14 heavy (non-hydrogen) atoms. The molecule has 0 aromatic heterocycles. The van der Waals surface area contributed by atoms with Crippen LogP contribution in [0.2, 0.25) is 0 Å². The van der Waals surface area contributed by atoms with Gasteiger partial charge in [-0.05, 0) is 31.2 Å². The Balaban J connectivity index is 1.97. The van der Waals surface area contributed by atoms with Gasteiger partial charge in [0.25, 0.3) is 0 Å². The predicted octanol–water partition coefficient (Wildman–Crippen LogP) is 2.26. The van der Waals surface area contributed by atoms with Gasteiger partial charge in [-0.25, -0.2) is 0 Å². The summed E-state index contributed by atoms with van der Waals surface area (Å²) in [6.07, 6.45) is 2.46. The van der Waals surface area contributed by atoms with Crippen LogP contribution in [0.25, 0.3) is 0 Å². The second kappa shape index (κ2) is 6.70. The minimum absolute atomic E-state index is 0.745. The van der Waals surface area contributed by atoms with Crippen LogP contribution in [0.15, 0.2) is 0 Å². The van der Waals surface area contributed by atoms with Gasteiger partial charge in [-0.1, -0.05) is 13.8 Å². The summed E-state index contributed by atoms with van der Waals surface area (Å²) in [7, 11) is 0. The van der Waals surface area contributed by atoms with Gasteiger partial charge in [0, 0.05) is 19.0 Å². The zero-order valence-corrected chi connectivity index (χ0v) is 10.3. The number of thiol groups is 1. The molecule has 0 spiro atoms. The number of hydrogen-bond donors (Lipinski definition) is 1. The summed E-state index contributed by atoms with van der Waals surface area (Å²) in [5, 5.41) is 0. The van der Waals surface area contributed by atoms with Crippen molar-refractivity contribution < 1.29 is 4.74 Å². The van der Waals surface area contributed by atoms with E-state index in [-0.39, 0.29) is 0 Å². The highest BCUT2D eigenvalue weighted by atomic mass is 32.1. The fourth-order valence-electron chi connectivity index (χ4n) is 1.75. The van der Waals surface area contributed by atoms with Crippen LogP contribution >= 0.6 is 12.6 Å². The molecule has 1 fully saturated rings. The van der Waals surface area contributed by atoms with Crippen molar-refractivity contribution in [2.24, 2.45) is 11.8 Å². The molecular weight excluding hydrogens is 194 g/mol. The minimum Gasteiger partial charge on any atom is -0.381 e. The quantitative estimate of drug-likeness (QED) is 0.541. The Labute approximate surface area is 93.4 Å². The molecule has 0 aliphatic carbocycles. The molecule has 1 aliphatic heterocycles. The van der Waals surface area contributed by atoms with E-state index in [1.807, 2.05) is 0 Å². The van der Waals surface area contributed by atoms with Gasteiger partial charge in [0.05, 0.1) is 6.61 Å². The topological polar surface area (TPSA) is 12.5 Å². The lowest BCUT2D eigenvalue weighted by Crippen LogP contribution is -2.20. The third kappa shape index (κ3) is 4.67. The Morgan fingerprint density at radius 1 is 1.50 bits per heavy atom. The Hall–Kier alpha value is 0.270. The van der Waals surface area contributed by atoms with Gasteiger partial charge in [-0.2, -0.15) is 12.6 Å². The van der Waals surface area contributed by atoms with Gasteiger partial charge in [0.2, 0.25) is 0 Å². The van der Waals surface area contributed by atoms with E-state index in [2.05, 4.69) is 31.4 Å². The van der Waals surface area contributed by atoms with Gasteiger partial charge in [-0.3, -0.25) is 4.90 Å². The van der Waals surface area contributed by atoms with E-state index in [1.165, 1.54) is 25.9 Å². The van der Waals surface area contributed by atoms with Crippen LogP contribution in [0.3, 0.4) is 0 Å². The zero-order chi connectivity index (χ0) is 10.4. The summed E-state index contributed by atoms with van der Waals surface area (Å²) in [6, 6.07) is 0. The van der Waals surface area contributed by atoms with Crippen LogP contribution in [-0.4, -0.2) is 37.1 Å². The van der Waals surface area contributed by atoms with Gasteiger partial charge in [0.1, 0.15) is 0 Å². The van der Waals surface area contributed by atoms with E-state index in [0.717, 1.165) is 30.9 Å². The molecule has 1 heterocycles. The first kappa shape index (κ1) is 12.3. The van der Waals surface area contributed by atoms with Gasteiger partial charge in [0.15, 0.2) is 0 Å². The summed E-state index contributed by atoms with van der Waals surface area (Å²) < 4.78 is 5.67. The number of nitrogens with zero attached hydrogens (tertiary/aromatic N) is 1. The van der Waals surface area contributed by atoms with Crippen molar-refractivity contribution in [1.82, 2.24) is 4.90 Å². The third-order valence-electron chi connectivity index (χ3n) is 2.76. The lowest BCUT2D eigenvalue weighted by Gasteiger charge is -2.13. The first-order valence-electron chi connectivity index (χ1n) is 5.63. The normalized spacial score (nSPS) is 23.6. The maximum atomic E-state index is 5.67. The predicted molar refractivity (Wildman–Crippen MR) is 63.8 cm³/mol. The molecule has 84 valence electrons. The third-order valence-corrected chi connectivity index (χ3v) is 3.16. The molecular formula is C11H23NOS. The summed E-state index contributed by atoms with van der Waals surface area (Å²) >= 11 is 4.28. The molecule has 3 heteroatoms. The molecule has 1 aliphatic rings. The lowest BCUT2D eigenvalue weighted by molar-refractivity contribution is 0.0935. The molecule has 0 aromatic carbocycles. The zero-order valence-electron chi connectivity index (χ0n) is 9.41. The van der Waals surface area contributed by atoms with Crippen molar-refractivity contribution in [2.75, 3.05) is 32.2 Å². The average molecular weight is 217 g/mol. The lowest BCUT2D eigenvalue weighted by atomic mass is 10.1. The van der Waals surface area contributed by atoms with E-state index in [4.69, 9.17) is 4.74 Å². The molecule has 1 rings (SSSR count). The van der Waals surface area contributed by atoms with Gasteiger partial charge in [-0.15, -0.1) is 0 Å². The first-order chi connectivity index (χ1) is 6.72. The van der Waals surface area contributed by atoms with Gasteiger partial charge >= 0.3 is 0 Å². The van der Waals surface area contributed by atoms with E-state index in [1.54, 1.807) is 0 Å². The van der Waals surface area contributed by atoms with Crippen LogP contribution in [0, 0.1) is 11.8 Å². The number of rotatable bonds is 6. The van der Waals surface area contributed by atoms with Crippen molar-refractivity contribution in [3.05, 3.63) is 0 Å². The van der Waals surface area contributed by atoms with Crippen LogP contribution < -0.4 is 0 Å². The van der Waals surface area contributed by atoms with E-state index < -0.39 is 0 Å². The van der Waals surface area contributed by atoms with Crippen LogP contribution in [0.4, 0.5) is 0 Å². The fourth-order valence-corrected chi connectivity index (χ4v) is 2.00. The second-order valence-corrected chi connectivity index (χ2v) is 4.91. The Bertz CT molecular complexity index is 152. The molecule has 0 amide bonds. The highest BCUT2D eigenvalue weighted by molar-refractivity contribution is 7.80. The monoisotopic (exact) mass is 217 g/mol. The van der Waals surface area contributed by atoms with Crippen molar-refractivity contribution >= 4 is 12.6 Å². The minimum atomic E-state index is 0.745. The first-order valence-corrected chi connectivity index (χ1v) is 6.26. The summed E-state index contributed by atoms with van der Waals surface area (Å²) in [5.74, 6) is 2.39. The molecule has 0 saturated carbocycles. The van der Waals surface area contributed by atoms with E-state index in [9.17, 15) is 0 Å². The summed E-state index contributed by atoms with van der Waals surface area (Å²) in [4.78, 5) is 2.37. The van der Waals surface area contributed by atoms with Crippen LogP contribution in [-0.2, 0) is 4.74 Å². The Kier molecular flexibility index (Phi) is 5.90. The molecule has 2 nitrogen and oxygen atoms in total. The smallest absolute Gasteiger partial charge is 0.0506 e. The Morgan fingerprint density at radius 2 is 2.29 bits per heavy atom. The standard InChI is InChI=1S/C11H23NOS/c1-10(2)4-6-13-8-11-3-5-12(7-11)9-14/h10-11,14H,3-9H2,1-2H3. The average Bonchev–Trinajstić information content (AvgIpc) is 2.60. The van der Waals surface area contributed by atoms with Crippen LogP contribution in [0.5, 0.6) is 0 Å². The summed E-state index contributed by atoms with van der Waals surface area (Å²) in [5.41, 5.74) is 0. The molecule has 0 radical (unpaired) electrons. The summed E-state index contributed by atoms with van der Waals surface area (Å²) in [6.45, 7) is 8.71. The molecule has 0 bridgehead atoms. The second-order valence-electron chi connectivity index (χ2n) is 4.63. The van der Waals surface area contributed by atoms with Crippen molar-refractivity contribution in [1.29, 1.82) is 0 Å².